The number of benzene rings is 1. The van der Waals surface area contributed by atoms with Crippen molar-refractivity contribution >= 4 is 27.5 Å². The number of aromatic nitrogens is 1. The number of halogens is 2. The molecule has 0 spiro atoms. The van der Waals surface area contributed by atoms with Crippen LogP contribution in [0.5, 0.6) is 5.75 Å². The Kier molecular flexibility index (Phi) is 3.57. The van der Waals surface area contributed by atoms with E-state index in [0.29, 0.717) is 10.2 Å². The van der Waals surface area contributed by atoms with Gasteiger partial charge in [-0.2, -0.15) is 4.39 Å². The third kappa shape index (κ3) is 2.84. The summed E-state index contributed by atoms with van der Waals surface area (Å²) in [5.74, 6) is -1.26. The highest BCUT2D eigenvalue weighted by atomic mass is 79.9. The number of amides is 1. The number of carbonyl (C=O) groups is 1. The topological polar surface area (TPSA) is 62.2 Å². The maximum atomic E-state index is 12.6. The summed E-state index contributed by atoms with van der Waals surface area (Å²) in [5, 5.41) is 12.1. The van der Waals surface area contributed by atoms with Crippen molar-refractivity contribution in [2.45, 2.75) is 0 Å². The molecule has 0 aliphatic carbocycles. The van der Waals surface area contributed by atoms with Crippen LogP contribution >= 0.6 is 15.9 Å². The van der Waals surface area contributed by atoms with Gasteiger partial charge < -0.3 is 10.4 Å². The van der Waals surface area contributed by atoms with E-state index in [0.717, 1.165) is 6.07 Å². The molecule has 0 unspecified atom stereocenters. The van der Waals surface area contributed by atoms with Gasteiger partial charge in [-0.05, 0) is 30.3 Å². The summed E-state index contributed by atoms with van der Waals surface area (Å²) in [6.45, 7) is 0. The highest BCUT2D eigenvalue weighted by Gasteiger charge is 2.11. The molecule has 0 aliphatic rings. The predicted octanol–water partition coefficient (Wildman–Crippen LogP) is 2.94. The molecule has 18 heavy (non-hydrogen) atoms. The van der Waals surface area contributed by atoms with Crippen LogP contribution in [-0.4, -0.2) is 16.0 Å². The second-order valence-electron chi connectivity index (χ2n) is 3.49. The van der Waals surface area contributed by atoms with Crippen molar-refractivity contribution in [3.8, 4) is 5.75 Å². The number of phenolic OH excluding ortho intramolecular Hbond substituents is 1. The van der Waals surface area contributed by atoms with Gasteiger partial charge in [-0.15, -0.1) is 0 Å². The number of nitrogens with one attached hydrogen (secondary N) is 1. The van der Waals surface area contributed by atoms with Crippen molar-refractivity contribution in [3.63, 3.8) is 0 Å². The third-order valence-corrected chi connectivity index (χ3v) is 2.68. The average Bonchev–Trinajstić information content (AvgIpc) is 2.35. The Morgan fingerprint density at radius 2 is 2.11 bits per heavy atom. The number of hydrogen-bond donors (Lipinski definition) is 2. The Bertz CT molecular complexity index is 587. The van der Waals surface area contributed by atoms with Crippen LogP contribution in [0.1, 0.15) is 10.4 Å². The fourth-order valence-corrected chi connectivity index (χ4v) is 1.70. The number of hydrogen-bond acceptors (Lipinski definition) is 3. The maximum absolute atomic E-state index is 12.6. The molecule has 0 fully saturated rings. The van der Waals surface area contributed by atoms with Crippen LogP contribution in [0.3, 0.4) is 0 Å². The zero-order chi connectivity index (χ0) is 13.1. The smallest absolute Gasteiger partial charge is 0.259 e. The Morgan fingerprint density at radius 1 is 1.33 bits per heavy atom. The highest BCUT2D eigenvalue weighted by Crippen LogP contribution is 2.22. The molecule has 1 amide bonds. The molecule has 1 aromatic carbocycles. The number of anilines is 1. The molecular formula is C12H8BrFN2O2. The van der Waals surface area contributed by atoms with E-state index >= 15 is 0 Å². The van der Waals surface area contributed by atoms with Crippen molar-refractivity contribution in [2.24, 2.45) is 0 Å². The predicted molar refractivity (Wildman–Crippen MR) is 68.0 cm³/mol. The van der Waals surface area contributed by atoms with Crippen molar-refractivity contribution in [2.75, 3.05) is 5.32 Å². The van der Waals surface area contributed by atoms with E-state index in [-0.39, 0.29) is 11.3 Å². The molecule has 0 bridgehead atoms. The summed E-state index contributed by atoms with van der Waals surface area (Å²) < 4.78 is 13.3. The average molecular weight is 311 g/mol. The van der Waals surface area contributed by atoms with Crippen LogP contribution in [-0.2, 0) is 0 Å². The van der Waals surface area contributed by atoms with E-state index in [1.165, 1.54) is 24.4 Å². The van der Waals surface area contributed by atoms with Gasteiger partial charge in [0.1, 0.15) is 5.75 Å². The van der Waals surface area contributed by atoms with Gasteiger partial charge in [0.15, 0.2) is 0 Å². The van der Waals surface area contributed by atoms with E-state index in [9.17, 15) is 14.3 Å². The quantitative estimate of drug-likeness (QED) is 0.838. The maximum Gasteiger partial charge on any atom is 0.259 e. The Hall–Kier alpha value is -1.95. The first-order valence-electron chi connectivity index (χ1n) is 4.97. The van der Waals surface area contributed by atoms with E-state index in [1.807, 2.05) is 0 Å². The summed E-state index contributed by atoms with van der Waals surface area (Å²) in [7, 11) is 0. The lowest BCUT2D eigenvalue weighted by Crippen LogP contribution is -2.12. The van der Waals surface area contributed by atoms with Crippen LogP contribution in [0.2, 0.25) is 0 Å². The summed E-state index contributed by atoms with van der Waals surface area (Å²) in [6, 6.07) is 7.03. The third-order valence-electron chi connectivity index (χ3n) is 2.19. The largest absolute Gasteiger partial charge is 0.507 e. The lowest BCUT2D eigenvalue weighted by atomic mass is 10.2. The summed E-state index contributed by atoms with van der Waals surface area (Å²) in [4.78, 5) is 15.3. The minimum absolute atomic E-state index is 0.119. The number of phenols is 1. The normalized spacial score (nSPS) is 10.1. The fourth-order valence-electron chi connectivity index (χ4n) is 1.34. The highest BCUT2D eigenvalue weighted by molar-refractivity contribution is 9.10. The van der Waals surface area contributed by atoms with Crippen LogP contribution in [0, 0.1) is 5.95 Å². The van der Waals surface area contributed by atoms with Gasteiger partial charge in [0.05, 0.1) is 17.4 Å². The first-order valence-corrected chi connectivity index (χ1v) is 5.77. The van der Waals surface area contributed by atoms with E-state index in [2.05, 4.69) is 26.2 Å². The molecule has 2 N–H and O–H groups in total. The Labute approximate surface area is 111 Å². The van der Waals surface area contributed by atoms with Crippen LogP contribution in [0.4, 0.5) is 10.1 Å². The molecule has 0 atom stereocenters. The molecule has 6 heteroatoms. The molecule has 92 valence electrons. The lowest BCUT2D eigenvalue weighted by molar-refractivity contribution is 0.102. The second kappa shape index (κ2) is 5.14. The Balaban J connectivity index is 2.21. The number of carbonyl (C=O) groups excluding carboxylic acids is 1. The van der Waals surface area contributed by atoms with E-state index in [4.69, 9.17) is 0 Å². The van der Waals surface area contributed by atoms with Gasteiger partial charge in [0.2, 0.25) is 5.95 Å². The van der Waals surface area contributed by atoms with Crippen molar-refractivity contribution in [3.05, 3.63) is 52.5 Å². The lowest BCUT2D eigenvalue weighted by Gasteiger charge is -2.06. The molecule has 1 aromatic heterocycles. The number of pyridine rings is 1. The van der Waals surface area contributed by atoms with Gasteiger partial charge in [-0.1, -0.05) is 15.9 Å². The molecule has 0 radical (unpaired) electrons. The zero-order valence-corrected chi connectivity index (χ0v) is 10.6. The molecule has 2 aromatic rings. The fraction of sp³-hybridized carbons (Fsp3) is 0. The summed E-state index contributed by atoms with van der Waals surface area (Å²) in [6.07, 6.45) is 1.20. The SMILES string of the molecule is O=C(Nc1ccc(F)nc1)c1cc(Br)ccc1O. The van der Waals surface area contributed by atoms with E-state index < -0.39 is 11.9 Å². The summed E-state index contributed by atoms with van der Waals surface area (Å²) in [5.41, 5.74) is 0.467. The minimum Gasteiger partial charge on any atom is -0.507 e. The molecule has 2 rings (SSSR count). The molecular weight excluding hydrogens is 303 g/mol. The number of nitrogens with zero attached hydrogens (tertiary/aromatic N) is 1. The molecule has 0 saturated carbocycles. The van der Waals surface area contributed by atoms with Gasteiger partial charge >= 0.3 is 0 Å². The standard InChI is InChI=1S/C12H8BrFN2O2/c13-7-1-3-10(17)9(5-7)12(18)16-8-2-4-11(14)15-6-8/h1-6,17H,(H,16,18). The van der Waals surface area contributed by atoms with Crippen molar-refractivity contribution in [1.82, 2.24) is 4.98 Å². The molecule has 4 nitrogen and oxygen atoms in total. The molecule has 0 aliphatic heterocycles. The van der Waals surface area contributed by atoms with Crippen LogP contribution < -0.4 is 5.32 Å². The van der Waals surface area contributed by atoms with Gasteiger partial charge in [0.25, 0.3) is 5.91 Å². The van der Waals surface area contributed by atoms with Gasteiger partial charge in [-0.3, -0.25) is 4.79 Å². The van der Waals surface area contributed by atoms with E-state index in [1.54, 1.807) is 6.07 Å². The molecule has 0 saturated heterocycles. The van der Waals surface area contributed by atoms with Crippen molar-refractivity contribution < 1.29 is 14.3 Å². The van der Waals surface area contributed by atoms with Crippen molar-refractivity contribution in [1.29, 1.82) is 0 Å². The minimum atomic E-state index is -0.627. The number of aromatic hydroxyl groups is 1. The summed E-state index contributed by atoms with van der Waals surface area (Å²) >= 11 is 3.21. The van der Waals surface area contributed by atoms with Gasteiger partial charge in [-0.25, -0.2) is 4.98 Å². The second-order valence-corrected chi connectivity index (χ2v) is 4.40. The number of rotatable bonds is 2. The monoisotopic (exact) mass is 310 g/mol. The van der Waals surface area contributed by atoms with Crippen LogP contribution in [0.15, 0.2) is 41.0 Å². The first-order chi connectivity index (χ1) is 8.56. The molecule has 1 heterocycles. The zero-order valence-electron chi connectivity index (χ0n) is 9.02. The Morgan fingerprint density at radius 3 is 2.78 bits per heavy atom. The van der Waals surface area contributed by atoms with Gasteiger partial charge in [0, 0.05) is 4.47 Å². The van der Waals surface area contributed by atoms with Crippen LogP contribution in [0.25, 0.3) is 0 Å². The first kappa shape index (κ1) is 12.5.